The number of halogens is 1. The number of likely N-dealkylation sites (N-methyl/N-ethyl adjacent to an activating group) is 1. The number of rotatable bonds is 2. The smallest absolute Gasteiger partial charge is 0.322 e. The Morgan fingerprint density at radius 2 is 2.22 bits per heavy atom. The molecule has 2 fully saturated rings. The van der Waals surface area contributed by atoms with Gasteiger partial charge < -0.3 is 19.9 Å². The van der Waals surface area contributed by atoms with Gasteiger partial charge in [0.2, 0.25) is 5.91 Å². The van der Waals surface area contributed by atoms with E-state index >= 15 is 0 Å². The first-order valence-corrected chi connectivity index (χ1v) is 7.67. The molecule has 0 spiro atoms. The molecule has 1 aromatic carbocycles. The van der Waals surface area contributed by atoms with E-state index in [2.05, 4.69) is 5.32 Å². The van der Waals surface area contributed by atoms with Crippen LogP contribution in [0, 0.1) is 11.7 Å². The molecule has 2 aliphatic rings. The van der Waals surface area contributed by atoms with E-state index in [1.807, 2.05) is 0 Å². The summed E-state index contributed by atoms with van der Waals surface area (Å²) < 4.78 is 18.6. The lowest BCUT2D eigenvalue weighted by Gasteiger charge is -2.35. The van der Waals surface area contributed by atoms with Crippen LogP contribution in [0.3, 0.4) is 0 Å². The van der Waals surface area contributed by atoms with E-state index in [9.17, 15) is 14.0 Å². The van der Waals surface area contributed by atoms with Crippen LogP contribution in [0.1, 0.15) is 12.8 Å². The number of carbonyl (C=O) groups is 2. The maximum atomic E-state index is 13.4. The van der Waals surface area contributed by atoms with Gasteiger partial charge in [0.15, 0.2) is 0 Å². The number of amides is 3. The Balaban J connectivity index is 1.78. The summed E-state index contributed by atoms with van der Waals surface area (Å²) >= 11 is 0. The summed E-state index contributed by atoms with van der Waals surface area (Å²) in [5.74, 6) is -0.0916. The molecule has 1 N–H and O–H groups in total. The average molecular weight is 321 g/mol. The van der Waals surface area contributed by atoms with Crippen LogP contribution in [-0.2, 0) is 4.79 Å². The topological polar surface area (TPSA) is 61.9 Å². The van der Waals surface area contributed by atoms with Crippen LogP contribution in [0.5, 0.6) is 5.75 Å². The number of hydrogen-bond acceptors (Lipinski definition) is 3. The number of hydrogen-bond donors (Lipinski definition) is 1. The molecule has 3 rings (SSSR count). The molecular weight excluding hydrogens is 301 g/mol. The van der Waals surface area contributed by atoms with Crippen LogP contribution in [0.2, 0.25) is 0 Å². The maximum Gasteiger partial charge on any atom is 0.322 e. The normalized spacial score (nSPS) is 23.7. The van der Waals surface area contributed by atoms with E-state index in [4.69, 9.17) is 4.74 Å². The van der Waals surface area contributed by atoms with E-state index < -0.39 is 5.82 Å². The number of nitrogens with one attached hydrogen (secondary N) is 1. The van der Waals surface area contributed by atoms with Crippen molar-refractivity contribution in [1.82, 2.24) is 9.80 Å². The molecule has 2 atom stereocenters. The third-order valence-electron chi connectivity index (χ3n) is 4.60. The molecule has 23 heavy (non-hydrogen) atoms. The SMILES string of the molecule is COc1ccc(F)cc1NC(=O)N1CCC[C@H]2C(=O)N(C)C[C@H]21. The van der Waals surface area contributed by atoms with E-state index in [1.165, 1.54) is 25.3 Å². The minimum atomic E-state index is -0.451. The first-order chi connectivity index (χ1) is 11.0. The number of nitrogens with zero attached hydrogens (tertiary/aromatic N) is 2. The van der Waals surface area contributed by atoms with Gasteiger partial charge in [-0.05, 0) is 25.0 Å². The third-order valence-corrected chi connectivity index (χ3v) is 4.60. The number of likely N-dealkylation sites (tertiary alicyclic amines) is 2. The van der Waals surface area contributed by atoms with Crippen molar-refractivity contribution in [3.05, 3.63) is 24.0 Å². The lowest BCUT2D eigenvalue weighted by atomic mass is 9.92. The van der Waals surface area contributed by atoms with Gasteiger partial charge in [-0.3, -0.25) is 4.79 Å². The van der Waals surface area contributed by atoms with Gasteiger partial charge in [-0.25, -0.2) is 9.18 Å². The van der Waals surface area contributed by atoms with Crippen LogP contribution in [0.25, 0.3) is 0 Å². The lowest BCUT2D eigenvalue weighted by Crippen LogP contribution is -2.50. The van der Waals surface area contributed by atoms with Gasteiger partial charge >= 0.3 is 6.03 Å². The van der Waals surface area contributed by atoms with Crippen molar-refractivity contribution < 1.29 is 18.7 Å². The van der Waals surface area contributed by atoms with Gasteiger partial charge in [0, 0.05) is 26.2 Å². The lowest BCUT2D eigenvalue weighted by molar-refractivity contribution is -0.130. The quantitative estimate of drug-likeness (QED) is 0.905. The number of ether oxygens (including phenoxy) is 1. The van der Waals surface area contributed by atoms with E-state index in [0.717, 1.165) is 12.8 Å². The summed E-state index contributed by atoms with van der Waals surface area (Å²) in [5.41, 5.74) is 0.289. The van der Waals surface area contributed by atoms with Crippen LogP contribution in [0.4, 0.5) is 14.9 Å². The van der Waals surface area contributed by atoms with Gasteiger partial charge in [-0.15, -0.1) is 0 Å². The summed E-state index contributed by atoms with van der Waals surface area (Å²) in [4.78, 5) is 28.1. The summed E-state index contributed by atoms with van der Waals surface area (Å²) in [5, 5.41) is 2.71. The van der Waals surface area contributed by atoms with Crippen LogP contribution >= 0.6 is 0 Å². The molecule has 0 aromatic heterocycles. The molecule has 124 valence electrons. The molecule has 0 radical (unpaired) electrons. The zero-order valence-corrected chi connectivity index (χ0v) is 13.2. The Bertz CT molecular complexity index is 637. The Labute approximate surface area is 134 Å². The van der Waals surface area contributed by atoms with Gasteiger partial charge in [0.1, 0.15) is 11.6 Å². The highest BCUT2D eigenvalue weighted by Crippen LogP contribution is 2.32. The molecule has 0 unspecified atom stereocenters. The number of methoxy groups -OCH3 is 1. The second kappa shape index (κ2) is 6.06. The number of anilines is 1. The van der Waals surface area contributed by atoms with Crippen molar-refractivity contribution in [1.29, 1.82) is 0 Å². The fourth-order valence-corrected chi connectivity index (χ4v) is 3.44. The molecule has 2 saturated heterocycles. The van der Waals surface area contributed by atoms with Gasteiger partial charge in [0.05, 0.1) is 24.8 Å². The molecule has 0 saturated carbocycles. The minimum Gasteiger partial charge on any atom is -0.495 e. The highest BCUT2D eigenvalue weighted by Gasteiger charge is 2.45. The van der Waals surface area contributed by atoms with E-state index in [1.54, 1.807) is 16.8 Å². The van der Waals surface area contributed by atoms with Crippen molar-refractivity contribution in [2.45, 2.75) is 18.9 Å². The zero-order valence-electron chi connectivity index (χ0n) is 13.2. The molecule has 0 aliphatic carbocycles. The monoisotopic (exact) mass is 321 g/mol. The van der Waals surface area contributed by atoms with Crippen molar-refractivity contribution in [2.75, 3.05) is 32.6 Å². The van der Waals surface area contributed by atoms with E-state index in [-0.39, 0.29) is 29.6 Å². The second-order valence-electron chi connectivity index (χ2n) is 6.00. The first-order valence-electron chi connectivity index (χ1n) is 7.67. The van der Waals surface area contributed by atoms with Crippen LogP contribution in [-0.4, -0.2) is 55.0 Å². The zero-order chi connectivity index (χ0) is 16.6. The predicted octanol–water partition coefficient (Wildman–Crippen LogP) is 1.92. The van der Waals surface area contributed by atoms with Crippen molar-refractivity contribution in [3.8, 4) is 5.75 Å². The molecule has 3 amide bonds. The minimum absolute atomic E-state index is 0.0934. The number of carbonyl (C=O) groups excluding carboxylic acids is 2. The van der Waals surface area contributed by atoms with Crippen molar-refractivity contribution in [2.24, 2.45) is 5.92 Å². The predicted molar refractivity (Wildman–Crippen MR) is 82.8 cm³/mol. The summed E-state index contributed by atoms with van der Waals surface area (Å²) in [6.45, 7) is 1.13. The molecule has 7 heteroatoms. The maximum absolute atomic E-state index is 13.4. The second-order valence-corrected chi connectivity index (χ2v) is 6.00. The van der Waals surface area contributed by atoms with Crippen LogP contribution < -0.4 is 10.1 Å². The van der Waals surface area contributed by atoms with E-state index in [0.29, 0.717) is 18.8 Å². The Kier molecular flexibility index (Phi) is 4.11. The number of piperidine rings is 1. The van der Waals surface area contributed by atoms with Crippen molar-refractivity contribution in [3.63, 3.8) is 0 Å². The number of urea groups is 1. The van der Waals surface area contributed by atoms with Gasteiger partial charge in [0.25, 0.3) is 0 Å². The molecule has 1 aromatic rings. The Morgan fingerprint density at radius 1 is 1.43 bits per heavy atom. The Hall–Kier alpha value is -2.31. The highest BCUT2D eigenvalue weighted by atomic mass is 19.1. The standard InChI is InChI=1S/C16H20FN3O3/c1-19-9-13-11(15(19)21)4-3-7-20(13)16(22)18-12-8-10(17)5-6-14(12)23-2/h5-6,8,11,13H,3-4,7,9H2,1-2H3,(H,18,22)/t11-,13-/m1/s1. The number of fused-ring (bicyclic) bond motifs is 1. The molecular formula is C16H20FN3O3. The highest BCUT2D eigenvalue weighted by molar-refractivity contribution is 5.92. The van der Waals surface area contributed by atoms with Crippen molar-refractivity contribution >= 4 is 17.6 Å². The summed E-state index contributed by atoms with van der Waals surface area (Å²) in [6, 6.07) is 3.52. The first kappa shape index (κ1) is 15.6. The molecule has 2 aliphatic heterocycles. The molecule has 2 heterocycles. The molecule has 6 nitrogen and oxygen atoms in total. The van der Waals surface area contributed by atoms with Gasteiger partial charge in [-0.2, -0.15) is 0 Å². The number of benzene rings is 1. The van der Waals surface area contributed by atoms with Crippen LogP contribution in [0.15, 0.2) is 18.2 Å². The summed E-state index contributed by atoms with van der Waals surface area (Å²) in [7, 11) is 3.22. The fraction of sp³-hybridized carbons (Fsp3) is 0.500. The fourth-order valence-electron chi connectivity index (χ4n) is 3.44. The summed E-state index contributed by atoms with van der Waals surface area (Å²) in [6.07, 6.45) is 1.59. The molecule has 0 bridgehead atoms. The largest absolute Gasteiger partial charge is 0.495 e. The van der Waals surface area contributed by atoms with Gasteiger partial charge in [-0.1, -0.05) is 0 Å². The Morgan fingerprint density at radius 3 is 2.96 bits per heavy atom. The third kappa shape index (κ3) is 2.83. The average Bonchev–Trinajstić information content (AvgIpc) is 2.82.